The maximum absolute atomic E-state index is 11.8. The molecule has 1 aliphatic heterocycles. The molecular formula is C24H24ClN7O2S. The number of benzene rings is 1. The van der Waals surface area contributed by atoms with Gasteiger partial charge in [0.1, 0.15) is 11.7 Å². The first-order chi connectivity index (χ1) is 16.7. The molecule has 1 aliphatic rings. The summed E-state index contributed by atoms with van der Waals surface area (Å²) in [4.78, 5) is 10.1. The molecule has 2 N–H and O–H groups in total. The molecule has 35 heavy (non-hydrogen) atoms. The van der Waals surface area contributed by atoms with Crippen LogP contribution in [-0.2, 0) is 10.0 Å². The van der Waals surface area contributed by atoms with E-state index in [1.807, 2.05) is 23.0 Å². The van der Waals surface area contributed by atoms with Crippen LogP contribution >= 0.6 is 11.6 Å². The zero-order valence-corrected chi connectivity index (χ0v) is 20.9. The zero-order valence-electron chi connectivity index (χ0n) is 19.3. The van der Waals surface area contributed by atoms with Crippen LogP contribution in [0.25, 0.3) is 33.3 Å². The molecule has 5 rings (SSSR count). The summed E-state index contributed by atoms with van der Waals surface area (Å²) in [6, 6.07) is 7.71. The number of nitrogens with one attached hydrogen (secondary N) is 2. The van der Waals surface area contributed by atoms with E-state index in [2.05, 4.69) is 37.9 Å². The fraction of sp³-hybridized carbons (Fsp3) is 0.292. The SMILES string of the molecule is CN1CCC(n2cc(-c3cnc4[nH]cc(-c5cc(C#N)c(Cl)c(NS(C)(=O)=O)c5)c4c3)cn2)CC1. The highest BCUT2D eigenvalue weighted by Gasteiger charge is 2.20. The summed E-state index contributed by atoms with van der Waals surface area (Å²) in [5.41, 5.74) is 4.32. The number of piperidine rings is 1. The third kappa shape index (κ3) is 4.75. The Bertz CT molecular complexity index is 1560. The molecule has 1 saturated heterocycles. The number of fused-ring (bicyclic) bond motifs is 1. The summed E-state index contributed by atoms with van der Waals surface area (Å²) in [5, 5.41) is 15.1. The smallest absolute Gasteiger partial charge is 0.229 e. The van der Waals surface area contributed by atoms with E-state index < -0.39 is 10.0 Å². The molecule has 11 heteroatoms. The molecule has 0 amide bonds. The normalized spacial score (nSPS) is 15.4. The molecule has 180 valence electrons. The van der Waals surface area contributed by atoms with Crippen LogP contribution in [0.3, 0.4) is 0 Å². The summed E-state index contributed by atoms with van der Waals surface area (Å²) >= 11 is 6.26. The van der Waals surface area contributed by atoms with Crippen molar-refractivity contribution in [3.63, 3.8) is 0 Å². The van der Waals surface area contributed by atoms with Crippen LogP contribution in [0.15, 0.2) is 43.0 Å². The quantitative estimate of drug-likeness (QED) is 0.415. The van der Waals surface area contributed by atoms with Crippen molar-refractivity contribution >= 4 is 38.3 Å². The number of aromatic nitrogens is 4. The van der Waals surface area contributed by atoms with Gasteiger partial charge in [0.2, 0.25) is 10.0 Å². The van der Waals surface area contributed by atoms with Crippen LogP contribution in [0.4, 0.5) is 5.69 Å². The van der Waals surface area contributed by atoms with Gasteiger partial charge in [-0.15, -0.1) is 0 Å². The van der Waals surface area contributed by atoms with E-state index in [-0.39, 0.29) is 16.3 Å². The molecule has 0 unspecified atom stereocenters. The van der Waals surface area contributed by atoms with E-state index in [0.29, 0.717) is 17.3 Å². The number of pyridine rings is 1. The lowest BCUT2D eigenvalue weighted by atomic mass is 10.0. The minimum Gasteiger partial charge on any atom is -0.346 e. The van der Waals surface area contributed by atoms with Crippen LogP contribution < -0.4 is 4.72 Å². The molecule has 1 fully saturated rings. The molecule has 0 atom stereocenters. The molecule has 0 aliphatic carbocycles. The van der Waals surface area contributed by atoms with Gasteiger partial charge in [-0.2, -0.15) is 10.4 Å². The lowest BCUT2D eigenvalue weighted by Gasteiger charge is -2.28. The lowest BCUT2D eigenvalue weighted by Crippen LogP contribution is -2.31. The van der Waals surface area contributed by atoms with Gasteiger partial charge < -0.3 is 9.88 Å². The molecule has 0 saturated carbocycles. The number of halogens is 1. The van der Waals surface area contributed by atoms with Crippen LogP contribution in [0.2, 0.25) is 5.02 Å². The maximum Gasteiger partial charge on any atom is 0.229 e. The zero-order chi connectivity index (χ0) is 24.7. The van der Waals surface area contributed by atoms with Gasteiger partial charge in [0.05, 0.1) is 34.8 Å². The van der Waals surface area contributed by atoms with Crippen molar-refractivity contribution in [2.24, 2.45) is 0 Å². The number of likely N-dealkylation sites (tertiary alicyclic amines) is 1. The van der Waals surface area contributed by atoms with Crippen LogP contribution in [-0.4, -0.2) is 59.5 Å². The molecule has 1 aromatic carbocycles. The highest BCUT2D eigenvalue weighted by Crippen LogP contribution is 2.37. The van der Waals surface area contributed by atoms with Gasteiger partial charge in [0.25, 0.3) is 0 Å². The Morgan fingerprint density at radius 1 is 1.17 bits per heavy atom. The second-order valence-electron chi connectivity index (χ2n) is 8.94. The minimum atomic E-state index is -3.58. The topological polar surface area (TPSA) is 120 Å². The number of H-pyrrole nitrogens is 1. The van der Waals surface area contributed by atoms with Crippen molar-refractivity contribution in [3.8, 4) is 28.3 Å². The number of hydrogen-bond acceptors (Lipinski definition) is 6. The van der Waals surface area contributed by atoms with E-state index in [9.17, 15) is 13.7 Å². The second-order valence-corrected chi connectivity index (χ2v) is 11.1. The van der Waals surface area contributed by atoms with Crippen molar-refractivity contribution in [1.82, 2.24) is 24.6 Å². The van der Waals surface area contributed by atoms with Crippen molar-refractivity contribution in [2.45, 2.75) is 18.9 Å². The van der Waals surface area contributed by atoms with Gasteiger partial charge >= 0.3 is 0 Å². The Morgan fingerprint density at radius 2 is 1.94 bits per heavy atom. The summed E-state index contributed by atoms with van der Waals surface area (Å²) in [6.45, 7) is 2.12. The predicted octanol–water partition coefficient (Wildman–Crippen LogP) is 4.26. The Balaban J connectivity index is 1.54. The third-order valence-electron chi connectivity index (χ3n) is 6.33. The first-order valence-electron chi connectivity index (χ1n) is 11.1. The Morgan fingerprint density at radius 3 is 2.66 bits per heavy atom. The molecule has 0 radical (unpaired) electrons. The number of anilines is 1. The second kappa shape index (κ2) is 9.00. The summed E-state index contributed by atoms with van der Waals surface area (Å²) in [6.07, 6.45) is 10.7. The number of rotatable bonds is 5. The van der Waals surface area contributed by atoms with Crippen LogP contribution in [0.5, 0.6) is 0 Å². The van der Waals surface area contributed by atoms with E-state index in [1.54, 1.807) is 24.5 Å². The van der Waals surface area contributed by atoms with E-state index in [1.165, 1.54) is 0 Å². The van der Waals surface area contributed by atoms with Gasteiger partial charge in [-0.25, -0.2) is 13.4 Å². The van der Waals surface area contributed by atoms with Crippen molar-refractivity contribution in [1.29, 1.82) is 5.26 Å². The van der Waals surface area contributed by atoms with E-state index in [4.69, 9.17) is 11.6 Å². The van der Waals surface area contributed by atoms with Crippen molar-refractivity contribution in [2.75, 3.05) is 31.1 Å². The van der Waals surface area contributed by atoms with Gasteiger partial charge in [-0.3, -0.25) is 9.40 Å². The predicted molar refractivity (Wildman–Crippen MR) is 137 cm³/mol. The largest absolute Gasteiger partial charge is 0.346 e. The molecule has 9 nitrogen and oxygen atoms in total. The standard InChI is InChI=1S/C24H24ClN7O2S/c1-31-5-3-19(4-6-31)32-14-18(12-29-32)17-8-20-21(13-28-24(20)27-11-17)15-7-16(10-26)23(25)22(9-15)30-35(2,33)34/h7-9,11-14,19,30H,3-6H2,1-2H3,(H,27,28). The summed E-state index contributed by atoms with van der Waals surface area (Å²) < 4.78 is 28.1. The highest BCUT2D eigenvalue weighted by atomic mass is 35.5. The first kappa shape index (κ1) is 23.4. The van der Waals surface area contributed by atoms with Crippen molar-refractivity contribution in [3.05, 3.63) is 53.6 Å². The Hall–Kier alpha value is -3.39. The molecule has 3 aromatic heterocycles. The monoisotopic (exact) mass is 509 g/mol. The maximum atomic E-state index is 11.8. The number of sulfonamides is 1. The Kier molecular flexibility index (Phi) is 6.01. The van der Waals surface area contributed by atoms with Gasteiger partial charge in [-0.05, 0) is 56.7 Å². The molecular weight excluding hydrogens is 486 g/mol. The number of aromatic amines is 1. The molecule has 4 aromatic rings. The summed E-state index contributed by atoms with van der Waals surface area (Å²) in [5.74, 6) is 0. The molecule has 0 bridgehead atoms. The number of hydrogen-bond donors (Lipinski definition) is 2. The van der Waals surface area contributed by atoms with Gasteiger partial charge in [0.15, 0.2) is 0 Å². The van der Waals surface area contributed by atoms with Gasteiger partial charge in [-0.1, -0.05) is 11.6 Å². The Labute approximate surface area is 208 Å². The molecule has 0 spiro atoms. The fourth-order valence-electron chi connectivity index (χ4n) is 4.48. The van der Waals surface area contributed by atoms with Crippen LogP contribution in [0, 0.1) is 11.3 Å². The third-order valence-corrected chi connectivity index (χ3v) is 7.33. The number of nitrogens with zero attached hydrogens (tertiary/aromatic N) is 5. The first-order valence-corrected chi connectivity index (χ1v) is 13.4. The van der Waals surface area contributed by atoms with E-state index in [0.717, 1.165) is 54.3 Å². The number of nitriles is 1. The average Bonchev–Trinajstić information content (AvgIpc) is 3.47. The lowest BCUT2D eigenvalue weighted by molar-refractivity contribution is 0.212. The average molecular weight is 510 g/mol. The molecule has 4 heterocycles. The highest BCUT2D eigenvalue weighted by molar-refractivity contribution is 7.92. The fourth-order valence-corrected chi connectivity index (χ4v) is 5.30. The van der Waals surface area contributed by atoms with Gasteiger partial charge in [0, 0.05) is 40.7 Å². The van der Waals surface area contributed by atoms with Crippen LogP contribution in [0.1, 0.15) is 24.4 Å². The minimum absolute atomic E-state index is 0.0571. The van der Waals surface area contributed by atoms with E-state index >= 15 is 0 Å². The summed E-state index contributed by atoms with van der Waals surface area (Å²) in [7, 11) is -1.44. The van der Waals surface area contributed by atoms with Crippen molar-refractivity contribution < 1.29 is 8.42 Å².